The molecule has 0 spiro atoms. The van der Waals surface area contributed by atoms with Crippen LogP contribution in [0.3, 0.4) is 0 Å². The van der Waals surface area contributed by atoms with Crippen LogP contribution in [-0.4, -0.2) is 44.1 Å². The lowest BCUT2D eigenvalue weighted by Gasteiger charge is -2.37. The molecule has 3 rings (SSSR count). The van der Waals surface area contributed by atoms with E-state index >= 15 is 0 Å². The number of aromatic amines is 1. The lowest BCUT2D eigenvalue weighted by Crippen LogP contribution is -2.45. The van der Waals surface area contributed by atoms with Crippen molar-refractivity contribution in [1.29, 1.82) is 0 Å². The highest BCUT2D eigenvalue weighted by Crippen LogP contribution is 2.32. The average molecular weight is 329 g/mol. The van der Waals surface area contributed by atoms with Crippen LogP contribution in [0.5, 0.6) is 5.75 Å². The van der Waals surface area contributed by atoms with E-state index in [1.54, 1.807) is 17.2 Å². The second kappa shape index (κ2) is 6.09. The molecule has 7 nitrogen and oxygen atoms in total. The summed E-state index contributed by atoms with van der Waals surface area (Å²) in [6.07, 6.45) is 3.64. The number of hydrogen-bond donors (Lipinski definition) is 3. The third-order valence-corrected chi connectivity index (χ3v) is 4.40. The summed E-state index contributed by atoms with van der Waals surface area (Å²) >= 11 is 0. The molecule has 0 bridgehead atoms. The Bertz CT molecular complexity index is 805. The van der Waals surface area contributed by atoms with E-state index in [4.69, 9.17) is 0 Å². The number of carbonyl (C=O) groups is 1. The van der Waals surface area contributed by atoms with Crippen molar-refractivity contribution in [2.24, 2.45) is 0 Å². The van der Waals surface area contributed by atoms with Gasteiger partial charge in [0, 0.05) is 31.5 Å². The zero-order valence-corrected chi connectivity index (χ0v) is 13.3. The van der Waals surface area contributed by atoms with Crippen molar-refractivity contribution in [3.8, 4) is 5.75 Å². The standard InChI is InChI=1S/C17H19N3O4/c1-11-2-3-14(18-9-11)17(24)4-6-20(7-5-17)16(23)12-10-19-15(22)8-13(12)21/h2-3,8-10,24H,4-7H2,1H3,(H2,19,21,22). The molecule has 0 unspecified atom stereocenters. The molecule has 2 aromatic rings. The Morgan fingerprint density at radius 3 is 2.62 bits per heavy atom. The predicted octanol–water partition coefficient (Wildman–Crippen LogP) is 0.908. The fraction of sp³-hybridized carbons (Fsp3) is 0.353. The van der Waals surface area contributed by atoms with E-state index in [9.17, 15) is 19.8 Å². The summed E-state index contributed by atoms with van der Waals surface area (Å²) in [5.74, 6) is -0.715. The number of aliphatic hydroxyl groups is 1. The average Bonchev–Trinajstić information content (AvgIpc) is 2.55. The van der Waals surface area contributed by atoms with E-state index in [1.807, 2.05) is 13.0 Å². The third-order valence-electron chi connectivity index (χ3n) is 4.40. The summed E-state index contributed by atoms with van der Waals surface area (Å²) in [5.41, 5.74) is 0.143. The number of aryl methyl sites for hydroxylation is 1. The van der Waals surface area contributed by atoms with Crippen molar-refractivity contribution >= 4 is 5.91 Å². The normalized spacial score (nSPS) is 16.8. The van der Waals surface area contributed by atoms with Crippen LogP contribution < -0.4 is 5.56 Å². The Balaban J connectivity index is 1.73. The van der Waals surface area contributed by atoms with E-state index in [0.29, 0.717) is 31.6 Å². The van der Waals surface area contributed by atoms with Gasteiger partial charge in [-0.3, -0.25) is 14.6 Å². The minimum atomic E-state index is -1.06. The van der Waals surface area contributed by atoms with E-state index < -0.39 is 11.2 Å². The number of aromatic nitrogens is 2. The number of likely N-dealkylation sites (tertiary alicyclic amines) is 1. The number of nitrogens with one attached hydrogen (secondary N) is 1. The molecule has 1 amide bonds. The first-order valence-corrected chi connectivity index (χ1v) is 7.75. The monoisotopic (exact) mass is 329 g/mol. The first-order chi connectivity index (χ1) is 11.4. The van der Waals surface area contributed by atoms with Gasteiger partial charge in [0.15, 0.2) is 0 Å². The second-order valence-corrected chi connectivity index (χ2v) is 6.14. The molecule has 1 aliphatic rings. The minimum absolute atomic E-state index is 0.0495. The number of piperidine rings is 1. The van der Waals surface area contributed by atoms with Gasteiger partial charge < -0.3 is 20.1 Å². The summed E-state index contributed by atoms with van der Waals surface area (Å²) in [4.78, 5) is 31.8. The van der Waals surface area contributed by atoms with Crippen molar-refractivity contribution in [1.82, 2.24) is 14.9 Å². The highest BCUT2D eigenvalue weighted by molar-refractivity contribution is 5.96. The zero-order valence-electron chi connectivity index (χ0n) is 13.3. The van der Waals surface area contributed by atoms with Crippen molar-refractivity contribution in [2.75, 3.05) is 13.1 Å². The van der Waals surface area contributed by atoms with Gasteiger partial charge >= 0.3 is 0 Å². The lowest BCUT2D eigenvalue weighted by atomic mass is 9.87. The maximum Gasteiger partial charge on any atom is 0.259 e. The number of nitrogens with zero attached hydrogens (tertiary/aromatic N) is 2. The van der Waals surface area contributed by atoms with Gasteiger partial charge in [0.25, 0.3) is 11.5 Å². The van der Waals surface area contributed by atoms with Gasteiger partial charge in [-0.1, -0.05) is 6.07 Å². The van der Waals surface area contributed by atoms with Gasteiger partial charge in [-0.2, -0.15) is 0 Å². The third kappa shape index (κ3) is 3.03. The molecule has 126 valence electrons. The smallest absolute Gasteiger partial charge is 0.259 e. The Labute approximate surface area is 138 Å². The highest BCUT2D eigenvalue weighted by Gasteiger charge is 2.37. The molecular weight excluding hydrogens is 310 g/mol. The highest BCUT2D eigenvalue weighted by atomic mass is 16.3. The lowest BCUT2D eigenvalue weighted by molar-refractivity contribution is -0.0244. The predicted molar refractivity (Wildman–Crippen MR) is 86.7 cm³/mol. The fourth-order valence-electron chi connectivity index (χ4n) is 2.88. The molecule has 3 N–H and O–H groups in total. The number of H-pyrrole nitrogens is 1. The van der Waals surface area contributed by atoms with Crippen molar-refractivity contribution in [3.63, 3.8) is 0 Å². The molecule has 1 aliphatic heterocycles. The largest absolute Gasteiger partial charge is 0.507 e. The zero-order chi connectivity index (χ0) is 17.3. The molecule has 0 atom stereocenters. The summed E-state index contributed by atoms with van der Waals surface area (Å²) in [6, 6.07) is 4.68. The maximum absolute atomic E-state index is 12.5. The van der Waals surface area contributed by atoms with Crippen LogP contribution in [-0.2, 0) is 5.60 Å². The summed E-state index contributed by atoms with van der Waals surface area (Å²) < 4.78 is 0. The van der Waals surface area contributed by atoms with E-state index in [-0.39, 0.29) is 17.2 Å². The quantitative estimate of drug-likeness (QED) is 0.759. The van der Waals surface area contributed by atoms with Crippen LogP contribution in [0.4, 0.5) is 0 Å². The molecule has 1 saturated heterocycles. The van der Waals surface area contributed by atoms with Gasteiger partial charge in [0.1, 0.15) is 11.4 Å². The van der Waals surface area contributed by atoms with E-state index in [0.717, 1.165) is 11.6 Å². The number of carbonyl (C=O) groups excluding carboxylic acids is 1. The molecular formula is C17H19N3O4. The minimum Gasteiger partial charge on any atom is -0.507 e. The Morgan fingerprint density at radius 1 is 1.33 bits per heavy atom. The molecule has 0 aliphatic carbocycles. The van der Waals surface area contributed by atoms with Crippen LogP contribution in [0.25, 0.3) is 0 Å². The van der Waals surface area contributed by atoms with Crippen LogP contribution in [0.2, 0.25) is 0 Å². The van der Waals surface area contributed by atoms with Crippen LogP contribution in [0.1, 0.15) is 34.5 Å². The molecule has 7 heteroatoms. The molecule has 0 saturated carbocycles. The Kier molecular flexibility index (Phi) is 4.11. The first kappa shape index (κ1) is 16.2. The number of amides is 1. The summed E-state index contributed by atoms with van der Waals surface area (Å²) in [7, 11) is 0. The molecule has 24 heavy (non-hydrogen) atoms. The van der Waals surface area contributed by atoms with Crippen molar-refractivity contribution in [2.45, 2.75) is 25.4 Å². The molecule has 1 fully saturated rings. The SMILES string of the molecule is Cc1ccc(C2(O)CCN(C(=O)c3c[nH]c(=O)cc3O)CC2)nc1. The molecule has 3 heterocycles. The molecule has 2 aromatic heterocycles. The molecule has 0 radical (unpaired) electrons. The topological polar surface area (TPSA) is 107 Å². The van der Waals surface area contributed by atoms with Crippen LogP contribution >= 0.6 is 0 Å². The van der Waals surface area contributed by atoms with Gasteiger partial charge in [0.2, 0.25) is 0 Å². The van der Waals surface area contributed by atoms with Gasteiger partial charge in [-0.25, -0.2) is 0 Å². The molecule has 0 aromatic carbocycles. The van der Waals surface area contributed by atoms with Crippen molar-refractivity contribution in [3.05, 3.63) is 57.8 Å². The van der Waals surface area contributed by atoms with Gasteiger partial charge in [-0.15, -0.1) is 0 Å². The number of aromatic hydroxyl groups is 1. The Morgan fingerprint density at radius 2 is 2.04 bits per heavy atom. The second-order valence-electron chi connectivity index (χ2n) is 6.14. The first-order valence-electron chi connectivity index (χ1n) is 7.75. The number of rotatable bonds is 2. The van der Waals surface area contributed by atoms with E-state index in [2.05, 4.69) is 9.97 Å². The van der Waals surface area contributed by atoms with Crippen LogP contribution in [0.15, 0.2) is 35.4 Å². The number of pyridine rings is 2. The summed E-state index contributed by atoms with van der Waals surface area (Å²) in [6.45, 7) is 2.60. The maximum atomic E-state index is 12.5. The summed E-state index contributed by atoms with van der Waals surface area (Å²) in [5, 5.41) is 20.6. The van der Waals surface area contributed by atoms with Crippen molar-refractivity contribution < 1.29 is 15.0 Å². The van der Waals surface area contributed by atoms with Gasteiger partial charge in [0.05, 0.1) is 11.3 Å². The van der Waals surface area contributed by atoms with Gasteiger partial charge in [-0.05, 0) is 31.4 Å². The Hall–Kier alpha value is -2.67. The van der Waals surface area contributed by atoms with Crippen LogP contribution in [0, 0.1) is 6.92 Å². The fourth-order valence-corrected chi connectivity index (χ4v) is 2.88. The number of hydrogen-bond acceptors (Lipinski definition) is 5. The van der Waals surface area contributed by atoms with E-state index in [1.165, 1.54) is 6.20 Å².